The highest BCUT2D eigenvalue weighted by atomic mass is 19.1. The quantitative estimate of drug-likeness (QED) is 0.411. The van der Waals surface area contributed by atoms with E-state index in [0.717, 1.165) is 5.56 Å². The van der Waals surface area contributed by atoms with Crippen LogP contribution in [0.3, 0.4) is 0 Å². The van der Waals surface area contributed by atoms with Crippen LogP contribution in [0.15, 0.2) is 66.7 Å². The van der Waals surface area contributed by atoms with E-state index in [0.29, 0.717) is 5.75 Å². The fourth-order valence-corrected chi connectivity index (χ4v) is 3.10. The number of hydrogen-bond acceptors (Lipinski definition) is 5. The van der Waals surface area contributed by atoms with E-state index in [1.807, 2.05) is 30.3 Å². The molecule has 31 heavy (non-hydrogen) atoms. The lowest BCUT2D eigenvalue weighted by Crippen LogP contribution is -2.16. The molecular weight excluding hydrogens is 399 g/mol. The summed E-state index contributed by atoms with van der Waals surface area (Å²) >= 11 is 0. The molecule has 0 spiro atoms. The molecule has 0 aliphatic carbocycles. The van der Waals surface area contributed by atoms with Crippen LogP contribution < -0.4 is 14.2 Å². The van der Waals surface area contributed by atoms with Crippen molar-refractivity contribution in [2.75, 3.05) is 13.7 Å². The Labute approximate surface area is 180 Å². The molecule has 0 saturated heterocycles. The zero-order valence-corrected chi connectivity index (χ0v) is 17.3. The van der Waals surface area contributed by atoms with Crippen molar-refractivity contribution in [1.29, 1.82) is 0 Å². The van der Waals surface area contributed by atoms with E-state index >= 15 is 4.39 Å². The Hall–Kier alpha value is -3.64. The lowest BCUT2D eigenvalue weighted by molar-refractivity contribution is 0.0728. The SMILES string of the molecule is COc1c(F)c(C)c(C(=O)Oc2ccccc2)c(OCc2ccccc2)c1C=CCO. The van der Waals surface area contributed by atoms with Crippen molar-refractivity contribution in [3.05, 3.63) is 94.8 Å². The zero-order chi connectivity index (χ0) is 22.2. The van der Waals surface area contributed by atoms with Crippen molar-refractivity contribution in [1.82, 2.24) is 0 Å². The Bertz CT molecular complexity index is 1060. The first-order valence-corrected chi connectivity index (χ1v) is 9.68. The highest BCUT2D eigenvalue weighted by Crippen LogP contribution is 2.40. The molecule has 0 saturated carbocycles. The van der Waals surface area contributed by atoms with Crippen LogP contribution in [0.1, 0.15) is 27.0 Å². The summed E-state index contributed by atoms with van der Waals surface area (Å²) in [5.74, 6) is -1.10. The molecule has 0 aliphatic rings. The number of esters is 1. The van der Waals surface area contributed by atoms with Gasteiger partial charge in [-0.05, 0) is 30.7 Å². The van der Waals surface area contributed by atoms with E-state index in [1.54, 1.807) is 30.3 Å². The van der Waals surface area contributed by atoms with Gasteiger partial charge < -0.3 is 19.3 Å². The van der Waals surface area contributed by atoms with E-state index in [4.69, 9.17) is 14.2 Å². The van der Waals surface area contributed by atoms with Crippen molar-refractivity contribution in [3.63, 3.8) is 0 Å². The number of aliphatic hydroxyl groups excluding tert-OH is 1. The van der Waals surface area contributed by atoms with Crippen LogP contribution in [0.4, 0.5) is 4.39 Å². The summed E-state index contributed by atoms with van der Waals surface area (Å²) in [6.07, 6.45) is 2.87. The number of benzene rings is 3. The van der Waals surface area contributed by atoms with Crippen molar-refractivity contribution in [3.8, 4) is 17.2 Å². The molecule has 3 aromatic rings. The summed E-state index contributed by atoms with van der Waals surface area (Å²) in [5, 5.41) is 9.23. The number of rotatable bonds is 8. The first-order valence-electron chi connectivity index (χ1n) is 9.68. The molecule has 1 N–H and O–H groups in total. The summed E-state index contributed by atoms with van der Waals surface area (Å²) < 4.78 is 31.8. The van der Waals surface area contributed by atoms with E-state index in [1.165, 1.54) is 26.2 Å². The fraction of sp³-hybridized carbons (Fsp3) is 0.160. The van der Waals surface area contributed by atoms with E-state index in [-0.39, 0.29) is 41.4 Å². The minimum atomic E-state index is -0.757. The van der Waals surface area contributed by atoms with Gasteiger partial charge in [0.25, 0.3) is 0 Å². The van der Waals surface area contributed by atoms with E-state index in [2.05, 4.69) is 0 Å². The lowest BCUT2D eigenvalue weighted by atomic mass is 10.00. The van der Waals surface area contributed by atoms with Gasteiger partial charge in [-0.1, -0.05) is 54.6 Å². The maximum absolute atomic E-state index is 15.1. The molecule has 0 bridgehead atoms. The predicted octanol–water partition coefficient (Wildman–Crippen LogP) is 4.95. The number of para-hydroxylation sites is 1. The van der Waals surface area contributed by atoms with Crippen molar-refractivity contribution in [2.45, 2.75) is 13.5 Å². The molecule has 0 fully saturated rings. The maximum atomic E-state index is 15.1. The number of halogens is 1. The van der Waals surface area contributed by atoms with Gasteiger partial charge in [0, 0.05) is 5.56 Å². The predicted molar refractivity (Wildman–Crippen MR) is 116 cm³/mol. The second kappa shape index (κ2) is 10.4. The molecule has 0 aromatic heterocycles. The van der Waals surface area contributed by atoms with Crippen LogP contribution in [-0.4, -0.2) is 24.8 Å². The minimum absolute atomic E-state index is 0.0435. The molecule has 5 nitrogen and oxygen atoms in total. The van der Waals surface area contributed by atoms with Crippen molar-refractivity contribution < 1.29 is 28.5 Å². The minimum Gasteiger partial charge on any atom is -0.493 e. The Morgan fingerprint density at radius 3 is 2.29 bits per heavy atom. The van der Waals surface area contributed by atoms with Gasteiger partial charge >= 0.3 is 5.97 Å². The Morgan fingerprint density at radius 1 is 1.03 bits per heavy atom. The molecule has 6 heteroatoms. The van der Waals surface area contributed by atoms with Gasteiger partial charge in [-0.3, -0.25) is 0 Å². The first-order chi connectivity index (χ1) is 15.1. The van der Waals surface area contributed by atoms with Gasteiger partial charge in [-0.15, -0.1) is 0 Å². The van der Waals surface area contributed by atoms with Crippen molar-refractivity contribution in [2.24, 2.45) is 0 Å². The third kappa shape index (κ3) is 5.10. The van der Waals surface area contributed by atoms with Crippen LogP contribution in [0, 0.1) is 12.7 Å². The van der Waals surface area contributed by atoms with Gasteiger partial charge in [-0.2, -0.15) is 0 Å². The van der Waals surface area contributed by atoms with E-state index < -0.39 is 11.8 Å². The van der Waals surface area contributed by atoms with Gasteiger partial charge in [0.05, 0.1) is 19.3 Å². The largest absolute Gasteiger partial charge is 0.493 e. The molecule has 3 aromatic carbocycles. The molecule has 0 unspecified atom stereocenters. The molecular formula is C25H23FO5. The third-order valence-corrected chi connectivity index (χ3v) is 4.60. The molecule has 160 valence electrons. The monoisotopic (exact) mass is 422 g/mol. The van der Waals surface area contributed by atoms with Crippen LogP contribution in [0.5, 0.6) is 17.2 Å². The molecule has 0 radical (unpaired) electrons. The zero-order valence-electron chi connectivity index (χ0n) is 17.3. The smallest absolute Gasteiger partial charge is 0.347 e. The number of methoxy groups -OCH3 is 1. The normalized spacial score (nSPS) is 10.8. The number of ether oxygens (including phenoxy) is 3. The second-order valence-electron chi connectivity index (χ2n) is 6.65. The topological polar surface area (TPSA) is 65.0 Å². The highest BCUT2D eigenvalue weighted by Gasteiger charge is 2.28. The summed E-state index contributed by atoms with van der Waals surface area (Å²) in [7, 11) is 1.33. The van der Waals surface area contributed by atoms with Gasteiger partial charge in [0.1, 0.15) is 23.7 Å². The summed E-state index contributed by atoms with van der Waals surface area (Å²) in [4.78, 5) is 13.1. The summed E-state index contributed by atoms with van der Waals surface area (Å²) in [6, 6.07) is 17.9. The van der Waals surface area contributed by atoms with E-state index in [9.17, 15) is 9.90 Å². The first kappa shape index (κ1) is 22.1. The highest BCUT2D eigenvalue weighted by molar-refractivity contribution is 5.98. The summed E-state index contributed by atoms with van der Waals surface area (Å²) in [6.45, 7) is 1.33. The lowest BCUT2D eigenvalue weighted by Gasteiger charge is -2.20. The molecule has 0 aliphatic heterocycles. The number of hydrogen-bond donors (Lipinski definition) is 1. The maximum Gasteiger partial charge on any atom is 0.347 e. The van der Waals surface area contributed by atoms with Crippen LogP contribution in [-0.2, 0) is 6.61 Å². The van der Waals surface area contributed by atoms with Crippen LogP contribution in [0.25, 0.3) is 6.08 Å². The Balaban J connectivity index is 2.12. The average Bonchev–Trinajstić information content (AvgIpc) is 2.79. The molecule has 3 rings (SSSR count). The molecule has 0 atom stereocenters. The van der Waals surface area contributed by atoms with Gasteiger partial charge in [0.15, 0.2) is 11.6 Å². The number of carbonyl (C=O) groups is 1. The molecule has 0 heterocycles. The number of aliphatic hydroxyl groups is 1. The van der Waals surface area contributed by atoms with Crippen LogP contribution in [0.2, 0.25) is 0 Å². The fourth-order valence-electron chi connectivity index (χ4n) is 3.10. The Morgan fingerprint density at radius 2 is 1.68 bits per heavy atom. The van der Waals surface area contributed by atoms with Crippen LogP contribution >= 0.6 is 0 Å². The summed E-state index contributed by atoms with van der Waals surface area (Å²) in [5.41, 5.74) is 1.07. The molecule has 0 amide bonds. The Kier molecular flexibility index (Phi) is 7.40. The van der Waals surface area contributed by atoms with Gasteiger partial charge in [-0.25, -0.2) is 9.18 Å². The van der Waals surface area contributed by atoms with Crippen molar-refractivity contribution >= 4 is 12.0 Å². The third-order valence-electron chi connectivity index (χ3n) is 4.60. The average molecular weight is 422 g/mol. The van der Waals surface area contributed by atoms with Gasteiger partial charge in [0.2, 0.25) is 0 Å². The standard InChI is InChI=1S/C25H23FO5/c1-17-21(25(28)31-19-12-7-4-8-13-19)23(30-16-18-10-5-3-6-11-18)20(14-9-15-27)24(29-2)22(17)26/h3-14,27H,15-16H2,1-2H3. The number of carbonyl (C=O) groups excluding carboxylic acids is 1. The second-order valence-corrected chi connectivity index (χ2v) is 6.65.